The molecule has 0 bridgehead atoms. The maximum absolute atomic E-state index is 5.73. The van der Waals surface area contributed by atoms with Gasteiger partial charge in [0.05, 0.1) is 0 Å². The van der Waals surface area contributed by atoms with E-state index in [0.717, 1.165) is 12.5 Å². The van der Waals surface area contributed by atoms with Crippen molar-refractivity contribution in [2.75, 3.05) is 19.6 Å². The highest BCUT2D eigenvalue weighted by molar-refractivity contribution is 4.72. The van der Waals surface area contributed by atoms with Crippen LogP contribution in [0.5, 0.6) is 0 Å². The first kappa shape index (κ1) is 9.01. The van der Waals surface area contributed by atoms with Crippen molar-refractivity contribution in [2.45, 2.75) is 32.7 Å². The quantitative estimate of drug-likeness (QED) is 0.648. The van der Waals surface area contributed by atoms with Crippen molar-refractivity contribution in [1.29, 1.82) is 0 Å². The molecule has 1 saturated heterocycles. The molecule has 2 unspecified atom stereocenters. The molecule has 1 rings (SSSR count). The maximum atomic E-state index is 5.73. The van der Waals surface area contributed by atoms with Crippen LogP contribution < -0.4 is 5.73 Å². The SMILES string of the molecule is CC(N)CN1CCCC(C)C1. The molecule has 0 saturated carbocycles. The summed E-state index contributed by atoms with van der Waals surface area (Å²) in [5.41, 5.74) is 5.73. The van der Waals surface area contributed by atoms with E-state index in [1.54, 1.807) is 0 Å². The molecule has 66 valence electrons. The molecule has 0 aromatic heterocycles. The number of hydrogen-bond acceptors (Lipinski definition) is 2. The van der Waals surface area contributed by atoms with Crippen molar-refractivity contribution in [1.82, 2.24) is 4.90 Å². The van der Waals surface area contributed by atoms with Gasteiger partial charge in [-0.15, -0.1) is 0 Å². The minimum Gasteiger partial charge on any atom is -0.327 e. The first-order valence-corrected chi connectivity index (χ1v) is 4.66. The summed E-state index contributed by atoms with van der Waals surface area (Å²) in [6.45, 7) is 7.99. The third-order valence-corrected chi connectivity index (χ3v) is 2.29. The zero-order chi connectivity index (χ0) is 8.27. The molecule has 1 fully saturated rings. The van der Waals surface area contributed by atoms with Gasteiger partial charge >= 0.3 is 0 Å². The first-order valence-electron chi connectivity index (χ1n) is 4.66. The fourth-order valence-electron chi connectivity index (χ4n) is 1.86. The molecule has 2 heteroatoms. The zero-order valence-electron chi connectivity index (χ0n) is 7.71. The van der Waals surface area contributed by atoms with Crippen molar-refractivity contribution in [3.8, 4) is 0 Å². The van der Waals surface area contributed by atoms with Crippen LogP contribution in [0.25, 0.3) is 0 Å². The molecular formula is C9H20N2. The molecule has 1 aliphatic heterocycles. The van der Waals surface area contributed by atoms with E-state index in [0.29, 0.717) is 6.04 Å². The summed E-state index contributed by atoms with van der Waals surface area (Å²) >= 11 is 0. The Morgan fingerprint density at radius 3 is 2.91 bits per heavy atom. The summed E-state index contributed by atoms with van der Waals surface area (Å²) in [5.74, 6) is 0.877. The molecule has 1 aliphatic rings. The van der Waals surface area contributed by atoms with Gasteiger partial charge in [0.15, 0.2) is 0 Å². The normalized spacial score (nSPS) is 30.3. The lowest BCUT2D eigenvalue weighted by Gasteiger charge is -2.31. The monoisotopic (exact) mass is 156 g/mol. The number of rotatable bonds is 2. The Balaban J connectivity index is 2.23. The lowest BCUT2D eigenvalue weighted by molar-refractivity contribution is 0.177. The Labute approximate surface area is 69.8 Å². The first-order chi connectivity index (χ1) is 5.18. The van der Waals surface area contributed by atoms with E-state index in [-0.39, 0.29) is 0 Å². The van der Waals surface area contributed by atoms with Gasteiger partial charge in [-0.2, -0.15) is 0 Å². The fourth-order valence-corrected chi connectivity index (χ4v) is 1.86. The summed E-state index contributed by atoms with van der Waals surface area (Å²) < 4.78 is 0. The van der Waals surface area contributed by atoms with Gasteiger partial charge in [-0.25, -0.2) is 0 Å². The highest BCUT2D eigenvalue weighted by atomic mass is 15.1. The maximum Gasteiger partial charge on any atom is 0.0139 e. The molecule has 0 aliphatic carbocycles. The van der Waals surface area contributed by atoms with Crippen molar-refractivity contribution >= 4 is 0 Å². The van der Waals surface area contributed by atoms with E-state index >= 15 is 0 Å². The largest absolute Gasteiger partial charge is 0.327 e. The van der Waals surface area contributed by atoms with E-state index in [2.05, 4.69) is 18.7 Å². The van der Waals surface area contributed by atoms with Crippen LogP contribution in [0.3, 0.4) is 0 Å². The molecule has 2 atom stereocenters. The van der Waals surface area contributed by atoms with Gasteiger partial charge in [-0.1, -0.05) is 6.92 Å². The van der Waals surface area contributed by atoms with Crippen LogP contribution in [0.1, 0.15) is 26.7 Å². The van der Waals surface area contributed by atoms with Gasteiger partial charge in [0.2, 0.25) is 0 Å². The van der Waals surface area contributed by atoms with Crippen LogP contribution in [0.4, 0.5) is 0 Å². The van der Waals surface area contributed by atoms with E-state index in [1.807, 2.05) is 0 Å². The molecule has 2 N–H and O–H groups in total. The lowest BCUT2D eigenvalue weighted by Crippen LogP contribution is -2.41. The number of likely N-dealkylation sites (tertiary alicyclic amines) is 1. The second kappa shape index (κ2) is 4.07. The molecule has 0 spiro atoms. The summed E-state index contributed by atoms with van der Waals surface area (Å²) in [6.07, 6.45) is 2.75. The van der Waals surface area contributed by atoms with Crippen LogP contribution in [-0.4, -0.2) is 30.6 Å². The number of nitrogens with zero attached hydrogens (tertiary/aromatic N) is 1. The van der Waals surface area contributed by atoms with Gasteiger partial charge in [0, 0.05) is 19.1 Å². The van der Waals surface area contributed by atoms with E-state index < -0.39 is 0 Å². The Bertz CT molecular complexity index is 110. The van der Waals surface area contributed by atoms with Gasteiger partial charge in [-0.05, 0) is 32.2 Å². The Kier molecular flexibility index (Phi) is 3.34. The van der Waals surface area contributed by atoms with E-state index in [1.165, 1.54) is 25.9 Å². The molecule has 0 radical (unpaired) electrons. The smallest absolute Gasteiger partial charge is 0.0139 e. The van der Waals surface area contributed by atoms with Crippen molar-refractivity contribution in [3.63, 3.8) is 0 Å². The molecule has 0 aromatic carbocycles. The van der Waals surface area contributed by atoms with Gasteiger partial charge in [-0.3, -0.25) is 0 Å². The predicted molar refractivity (Wildman–Crippen MR) is 48.5 cm³/mol. The second-order valence-corrected chi connectivity index (χ2v) is 3.98. The average Bonchev–Trinajstić information content (AvgIpc) is 1.85. The molecular weight excluding hydrogens is 136 g/mol. The molecule has 11 heavy (non-hydrogen) atoms. The topological polar surface area (TPSA) is 29.3 Å². The minimum atomic E-state index is 0.334. The van der Waals surface area contributed by atoms with Crippen LogP contribution >= 0.6 is 0 Å². The summed E-state index contributed by atoms with van der Waals surface area (Å²) in [7, 11) is 0. The van der Waals surface area contributed by atoms with E-state index in [9.17, 15) is 0 Å². The van der Waals surface area contributed by atoms with Crippen LogP contribution in [0, 0.1) is 5.92 Å². The number of piperidine rings is 1. The van der Waals surface area contributed by atoms with Crippen LogP contribution in [0.2, 0.25) is 0 Å². The molecule has 0 amide bonds. The number of nitrogens with two attached hydrogens (primary N) is 1. The van der Waals surface area contributed by atoms with Crippen LogP contribution in [-0.2, 0) is 0 Å². The van der Waals surface area contributed by atoms with Crippen molar-refractivity contribution in [2.24, 2.45) is 11.7 Å². The van der Waals surface area contributed by atoms with Gasteiger partial charge < -0.3 is 10.6 Å². The van der Waals surface area contributed by atoms with Gasteiger partial charge in [0.1, 0.15) is 0 Å². The molecule has 0 aromatic rings. The zero-order valence-corrected chi connectivity index (χ0v) is 7.71. The third kappa shape index (κ3) is 3.21. The van der Waals surface area contributed by atoms with Crippen molar-refractivity contribution in [3.05, 3.63) is 0 Å². The lowest BCUT2D eigenvalue weighted by atomic mass is 10.00. The number of hydrogen-bond donors (Lipinski definition) is 1. The Morgan fingerprint density at radius 1 is 1.64 bits per heavy atom. The van der Waals surface area contributed by atoms with Gasteiger partial charge in [0.25, 0.3) is 0 Å². The summed E-state index contributed by atoms with van der Waals surface area (Å²) in [5, 5.41) is 0. The van der Waals surface area contributed by atoms with Crippen molar-refractivity contribution < 1.29 is 0 Å². The second-order valence-electron chi connectivity index (χ2n) is 3.98. The van der Waals surface area contributed by atoms with E-state index in [4.69, 9.17) is 5.73 Å². The highest BCUT2D eigenvalue weighted by Gasteiger charge is 2.16. The standard InChI is InChI=1S/C9H20N2/c1-8-4-3-5-11(6-8)7-9(2)10/h8-9H,3-7,10H2,1-2H3. The molecule has 1 heterocycles. The fraction of sp³-hybridized carbons (Fsp3) is 1.00. The van der Waals surface area contributed by atoms with Crippen LogP contribution in [0.15, 0.2) is 0 Å². The Morgan fingerprint density at radius 2 is 2.36 bits per heavy atom. The predicted octanol–water partition coefficient (Wildman–Crippen LogP) is 1.07. The Hall–Kier alpha value is -0.0800. The summed E-state index contributed by atoms with van der Waals surface area (Å²) in [6, 6.07) is 0.334. The summed E-state index contributed by atoms with van der Waals surface area (Å²) in [4.78, 5) is 2.48. The molecule has 2 nitrogen and oxygen atoms in total. The average molecular weight is 156 g/mol. The minimum absolute atomic E-state index is 0.334. The third-order valence-electron chi connectivity index (χ3n) is 2.29. The highest BCUT2D eigenvalue weighted by Crippen LogP contribution is 2.14.